The maximum absolute atomic E-state index is 14.2. The molecule has 0 spiro atoms. The number of hydrazone groups is 4. The Morgan fingerprint density at radius 3 is 0.895 bits per heavy atom. The van der Waals surface area contributed by atoms with Gasteiger partial charge in [-0.1, -0.05) is 332 Å². The van der Waals surface area contributed by atoms with Crippen molar-refractivity contribution < 1.29 is 42.9 Å². The van der Waals surface area contributed by atoms with Gasteiger partial charge in [-0.2, -0.15) is 20.4 Å². The number of nitrogens with zero attached hydrogens (tertiary/aromatic N) is 8. The molecule has 0 bridgehead atoms. The van der Waals surface area contributed by atoms with Crippen molar-refractivity contribution >= 4 is 69.2 Å². The van der Waals surface area contributed by atoms with Gasteiger partial charge in [0.2, 0.25) is 23.6 Å². The van der Waals surface area contributed by atoms with E-state index in [4.69, 9.17) is 44.1 Å². The van der Waals surface area contributed by atoms with E-state index in [1.54, 1.807) is 35.5 Å². The second kappa shape index (κ2) is 49.7. The number of amides is 4. The molecule has 0 aromatic heterocycles. The van der Waals surface area contributed by atoms with Gasteiger partial charge in [-0.25, -0.2) is 20.0 Å². The van der Waals surface area contributed by atoms with Crippen LogP contribution in [-0.2, 0) is 38.8 Å². The molecule has 12 aromatic rings. The van der Waals surface area contributed by atoms with E-state index >= 15 is 0 Å². The maximum Gasteiger partial charge on any atom is 0.248 e. The highest BCUT2D eigenvalue weighted by atomic mass is 16.5. The highest BCUT2D eigenvalue weighted by Crippen LogP contribution is 2.48. The molecule has 4 N–H and O–H groups in total. The number of hydrogen-bond acceptors (Lipinski definition) is 17. The number of benzene rings is 12. The highest BCUT2D eigenvalue weighted by Gasteiger charge is 2.58. The standard InChI is InChI=1S/2C31H37N3O3.C30H35N3O2.C30H35N3O/c1-6-7-15-26-28(23-19-17-22(2)18-20-23)33-34(25-13-9-8-10-14-25)31(26,3)30(35)32-21-24-12-11-16-27(36-4)29(24)37-5;1-6-7-13-27-29(23-16-14-22(2)15-17-23)33-34(25-11-9-8-10-12-25)31(27,3)30(35)32-21-24-18-19-26(36-4)20-28(24)37-5;1-5-6-15-26-28(23-19-17-22(2)18-20-23)32-33(25-13-8-7-9-14-25)30(26,3)29(34)31-21-24-12-10-11-16-27(24)35-4;1-5-6-17-27-28(25-20-18-22(2)19-21-25)32-33(26-15-11-8-12-16-26)30(27,4)29(34)31-23(3)24-13-9-7-10-14-24/h8-14,16-20,26H,6-7,15,21H2,1-5H3,(H,32,35);8-12,14-20,27H,6-7,13,21H2,1-5H3,(H,32,35);7-14,16-20,26H,5-6,15,21H2,1-4H3,(H,31,34);7-16,18-21,23,27H,5-6,17H2,1-4H3,(H,31,34)/t;;;23-,27?,30?/m...1/s1. The zero-order chi connectivity index (χ0) is 102. The fourth-order valence-corrected chi connectivity index (χ4v) is 19.8. The van der Waals surface area contributed by atoms with Crippen molar-refractivity contribution in [3.8, 4) is 28.7 Å². The van der Waals surface area contributed by atoms with Gasteiger partial charge in [0.05, 0.1) is 87.2 Å². The van der Waals surface area contributed by atoms with Gasteiger partial charge < -0.3 is 45.0 Å². The molecule has 0 radical (unpaired) electrons. The Balaban J connectivity index is 0.000000160. The quantitative estimate of drug-likeness (QED) is 0.0285. The van der Waals surface area contributed by atoms with Gasteiger partial charge in [-0.05, 0) is 189 Å². The molecule has 143 heavy (non-hydrogen) atoms. The van der Waals surface area contributed by atoms with Gasteiger partial charge in [0.15, 0.2) is 11.5 Å². The number of carbonyl (C=O) groups is 4. The van der Waals surface area contributed by atoms with E-state index < -0.39 is 22.2 Å². The Morgan fingerprint density at radius 2 is 0.587 bits per heavy atom. The van der Waals surface area contributed by atoms with Crippen LogP contribution in [0.2, 0.25) is 0 Å². The first-order valence-corrected chi connectivity index (χ1v) is 50.6. The van der Waals surface area contributed by atoms with Gasteiger partial charge in [0.25, 0.3) is 0 Å². The third kappa shape index (κ3) is 24.1. The van der Waals surface area contributed by atoms with E-state index in [9.17, 15) is 19.2 Å². The Hall–Kier alpha value is -14.6. The molecule has 8 unspecified atom stereocenters. The van der Waals surface area contributed by atoms with E-state index in [0.717, 1.165) is 173 Å². The van der Waals surface area contributed by atoms with Crippen LogP contribution in [0.4, 0.5) is 22.7 Å². The van der Waals surface area contributed by atoms with Crippen LogP contribution >= 0.6 is 0 Å². The SMILES string of the molecule is CCCCC1C(c2ccc(C)cc2)=NN(c2ccccc2)C1(C)C(=O)NCc1ccc(OC)cc1OC.CCCCC1C(c2ccc(C)cc2)=NN(c2ccccc2)C1(C)C(=O)NCc1cccc(OC)c1OC.CCCCC1C(c2ccc(C)cc2)=NN(c2ccccc2)C1(C)C(=O)NCc1ccccc1OC.CCCCC1C(c2ccc(C)cc2)=NN(c2ccccc2)C1(C)C(=O)N[C@H](C)c1ccccc1. The summed E-state index contributed by atoms with van der Waals surface area (Å²) in [7, 11) is 8.12. The van der Waals surface area contributed by atoms with Crippen molar-refractivity contribution in [2.75, 3.05) is 55.6 Å². The molecule has 4 aliphatic rings. The summed E-state index contributed by atoms with van der Waals surface area (Å²) >= 11 is 0. The third-order valence-corrected chi connectivity index (χ3v) is 28.4. The molecule has 16 rings (SSSR count). The molecule has 746 valence electrons. The minimum atomic E-state index is -0.914. The van der Waals surface area contributed by atoms with E-state index in [2.05, 4.69) is 193 Å². The average Bonchev–Trinajstić information content (AvgIpc) is 1.61. The van der Waals surface area contributed by atoms with Gasteiger partial charge in [0.1, 0.15) is 39.4 Å². The topological polar surface area (TPSA) is 225 Å². The Labute approximate surface area is 847 Å². The smallest absolute Gasteiger partial charge is 0.248 e. The van der Waals surface area contributed by atoms with Crippen LogP contribution in [0.3, 0.4) is 0 Å². The summed E-state index contributed by atoms with van der Waals surface area (Å²) in [6, 6.07) is 103. The van der Waals surface area contributed by atoms with E-state index in [-0.39, 0.29) is 53.3 Å². The summed E-state index contributed by atoms with van der Waals surface area (Å²) in [4.78, 5) is 56.5. The van der Waals surface area contributed by atoms with E-state index in [1.165, 1.54) is 22.3 Å². The number of methoxy groups -OCH3 is 5. The van der Waals surface area contributed by atoms with Gasteiger partial charge >= 0.3 is 0 Å². The van der Waals surface area contributed by atoms with Crippen LogP contribution in [0.25, 0.3) is 0 Å². The number of nitrogens with one attached hydrogen (secondary N) is 4. The lowest BCUT2D eigenvalue weighted by Gasteiger charge is -2.38. The molecule has 0 saturated carbocycles. The number of anilines is 4. The predicted octanol–water partition coefficient (Wildman–Crippen LogP) is 25.0. The van der Waals surface area contributed by atoms with Gasteiger partial charge in [-0.3, -0.25) is 19.2 Å². The normalized spacial score (nSPS) is 19.4. The second-order valence-corrected chi connectivity index (χ2v) is 38.2. The summed E-state index contributed by atoms with van der Waals surface area (Å²) in [5.74, 6) is 2.99. The molecular weight excluding hydrogens is 1780 g/mol. The average molecular weight is 1920 g/mol. The molecular formula is C122H144N12O9. The number of rotatable bonds is 37. The number of aryl methyl sites for hydroxylation is 4. The molecule has 0 saturated heterocycles. The van der Waals surface area contributed by atoms with Crippen molar-refractivity contribution in [3.05, 3.63) is 376 Å². The van der Waals surface area contributed by atoms with Crippen molar-refractivity contribution in [1.29, 1.82) is 0 Å². The zero-order valence-corrected chi connectivity index (χ0v) is 86.7. The van der Waals surface area contributed by atoms with E-state index in [1.807, 2.05) is 248 Å². The Morgan fingerprint density at radius 1 is 0.308 bits per heavy atom. The van der Waals surface area contributed by atoms with Crippen LogP contribution in [0.15, 0.2) is 330 Å². The Bertz CT molecular complexity index is 6310. The van der Waals surface area contributed by atoms with Crippen LogP contribution in [0, 0.1) is 51.4 Å². The molecule has 0 aliphatic carbocycles. The lowest BCUT2D eigenvalue weighted by Crippen LogP contribution is -2.58. The lowest BCUT2D eigenvalue weighted by molar-refractivity contribution is -0.128. The number of carbonyl (C=O) groups excluding carboxylic acids is 4. The number of hydrogen-bond donors (Lipinski definition) is 4. The molecule has 21 nitrogen and oxygen atoms in total. The first kappa shape index (κ1) is 106. The summed E-state index contributed by atoms with van der Waals surface area (Å²) in [5.41, 5.74) is 16.8. The second-order valence-electron chi connectivity index (χ2n) is 38.2. The van der Waals surface area contributed by atoms with Crippen molar-refractivity contribution in [1.82, 2.24) is 21.3 Å². The van der Waals surface area contributed by atoms with Crippen molar-refractivity contribution in [2.45, 2.75) is 215 Å². The fraction of sp³-hybridized carbons (Fsp3) is 0.344. The van der Waals surface area contributed by atoms with Crippen LogP contribution in [0.1, 0.15) is 212 Å². The maximum atomic E-state index is 14.2. The molecule has 4 heterocycles. The lowest BCUT2D eigenvalue weighted by atomic mass is 9.76. The van der Waals surface area contributed by atoms with Gasteiger partial charge in [-0.15, -0.1) is 0 Å². The zero-order valence-electron chi connectivity index (χ0n) is 86.7. The van der Waals surface area contributed by atoms with E-state index in [0.29, 0.717) is 42.6 Å². The van der Waals surface area contributed by atoms with Crippen LogP contribution in [0.5, 0.6) is 28.7 Å². The fourth-order valence-electron chi connectivity index (χ4n) is 19.8. The highest BCUT2D eigenvalue weighted by molar-refractivity contribution is 6.14. The molecule has 4 aliphatic heterocycles. The largest absolute Gasteiger partial charge is 0.497 e. The molecule has 21 heteroatoms. The molecule has 12 aromatic carbocycles. The third-order valence-electron chi connectivity index (χ3n) is 28.4. The number of para-hydroxylation sites is 6. The summed E-state index contributed by atoms with van der Waals surface area (Å²) in [6.45, 7) is 28.3. The minimum absolute atomic E-state index is 0.000305. The first-order chi connectivity index (χ1) is 69.3. The predicted molar refractivity (Wildman–Crippen MR) is 583 cm³/mol. The Kier molecular flexibility index (Phi) is 36.7. The summed E-state index contributed by atoms with van der Waals surface area (Å²) in [5, 5.41) is 41.2. The number of unbranched alkanes of at least 4 members (excludes halogenated alkanes) is 4. The molecule has 4 amide bonds. The van der Waals surface area contributed by atoms with Crippen molar-refractivity contribution in [2.24, 2.45) is 44.1 Å². The first-order valence-electron chi connectivity index (χ1n) is 50.6. The van der Waals surface area contributed by atoms with Crippen LogP contribution < -0.4 is 65.0 Å². The number of ether oxygens (including phenoxy) is 5. The molecule has 0 fully saturated rings. The summed E-state index contributed by atoms with van der Waals surface area (Å²) < 4.78 is 27.4. The monoisotopic (exact) mass is 1920 g/mol. The van der Waals surface area contributed by atoms with Crippen molar-refractivity contribution in [3.63, 3.8) is 0 Å². The molecule has 9 atom stereocenters. The van der Waals surface area contributed by atoms with Gasteiger partial charge in [0, 0.05) is 66.1 Å². The summed E-state index contributed by atoms with van der Waals surface area (Å²) in [6.07, 6.45) is 11.8. The minimum Gasteiger partial charge on any atom is -0.497 e. The van der Waals surface area contributed by atoms with Crippen LogP contribution in [-0.4, -0.2) is 104 Å².